The Morgan fingerprint density at radius 3 is 2.79 bits per heavy atom. The molecular weight excluding hydrogens is 378 g/mol. The number of thioether (sulfide) groups is 1. The van der Waals surface area contributed by atoms with Gasteiger partial charge in [-0.15, -0.1) is 0 Å². The van der Waals surface area contributed by atoms with Crippen LogP contribution in [0.5, 0.6) is 0 Å². The van der Waals surface area contributed by atoms with Gasteiger partial charge in [-0.25, -0.2) is 9.97 Å². The third-order valence-electron chi connectivity index (χ3n) is 5.45. The molecule has 1 saturated carbocycles. The number of nitrogens with zero attached hydrogens (tertiary/aromatic N) is 3. The van der Waals surface area contributed by atoms with E-state index in [2.05, 4.69) is 33.8 Å². The molecule has 0 radical (unpaired) electrons. The Hall–Kier alpha value is -2.78. The van der Waals surface area contributed by atoms with Crippen LogP contribution in [0.4, 0.5) is 5.95 Å². The number of nitrogens with one attached hydrogen (secondary N) is 2. The first-order chi connectivity index (χ1) is 14.2. The lowest BCUT2D eigenvalue weighted by Crippen LogP contribution is -2.18. The molecule has 2 aromatic rings. The van der Waals surface area contributed by atoms with Crippen molar-refractivity contribution in [3.05, 3.63) is 63.8 Å². The quantitative estimate of drug-likeness (QED) is 0.660. The van der Waals surface area contributed by atoms with Gasteiger partial charge in [-0.3, -0.25) is 0 Å². The molecule has 1 aliphatic heterocycles. The maximum Gasteiger partial charge on any atom is 0.223 e. The molecule has 4 rings (SSSR count). The number of aryl methyl sites for hydroxylation is 1. The van der Waals surface area contributed by atoms with Crippen LogP contribution in [0.1, 0.15) is 48.9 Å². The van der Waals surface area contributed by atoms with E-state index in [1.54, 1.807) is 6.20 Å². The molecule has 2 N–H and O–H groups in total. The average Bonchev–Trinajstić information content (AvgIpc) is 3.26. The number of rotatable bonds is 5. The lowest BCUT2D eigenvalue weighted by Gasteiger charge is -2.21. The number of hydrogen-bond donors (Lipinski definition) is 2. The highest BCUT2D eigenvalue weighted by Gasteiger charge is 2.20. The third-order valence-corrected chi connectivity index (χ3v) is 6.34. The second kappa shape index (κ2) is 9.15. The Kier molecular flexibility index (Phi) is 6.16. The summed E-state index contributed by atoms with van der Waals surface area (Å²) >= 11 is 1.53. The van der Waals surface area contributed by atoms with Gasteiger partial charge in [0.15, 0.2) is 0 Å². The van der Waals surface area contributed by atoms with Crippen LogP contribution >= 0.6 is 11.8 Å². The molecule has 148 valence electrons. The third kappa shape index (κ3) is 4.63. The van der Waals surface area contributed by atoms with E-state index in [1.807, 2.05) is 30.5 Å². The van der Waals surface area contributed by atoms with E-state index in [0.29, 0.717) is 23.1 Å². The highest BCUT2D eigenvalue weighted by atomic mass is 32.2. The van der Waals surface area contributed by atoms with E-state index in [4.69, 9.17) is 4.98 Å². The number of benzene rings is 1. The minimum Gasteiger partial charge on any atom is -0.354 e. The van der Waals surface area contributed by atoms with Crippen LogP contribution in [0, 0.1) is 24.2 Å². The zero-order valence-corrected chi connectivity index (χ0v) is 17.4. The van der Waals surface area contributed by atoms with E-state index < -0.39 is 0 Å². The highest BCUT2D eigenvalue weighted by Crippen LogP contribution is 2.35. The SMILES string of the molecule is Cc1cnc(NCC2CCCCC2)nc1C(C#N)=C1NC(c2ccccc2)=CS1. The van der Waals surface area contributed by atoms with E-state index in [9.17, 15) is 5.26 Å². The first-order valence-electron chi connectivity index (χ1n) is 10.2. The average molecular weight is 404 g/mol. The van der Waals surface area contributed by atoms with Crippen molar-refractivity contribution in [3.8, 4) is 6.07 Å². The van der Waals surface area contributed by atoms with Gasteiger partial charge < -0.3 is 10.6 Å². The molecule has 1 fully saturated rings. The second-order valence-corrected chi connectivity index (χ2v) is 8.45. The fourth-order valence-corrected chi connectivity index (χ4v) is 4.66. The Morgan fingerprint density at radius 1 is 1.24 bits per heavy atom. The molecule has 0 unspecified atom stereocenters. The number of anilines is 1. The van der Waals surface area contributed by atoms with Gasteiger partial charge in [-0.05, 0) is 36.8 Å². The maximum absolute atomic E-state index is 9.88. The van der Waals surface area contributed by atoms with E-state index in [-0.39, 0.29) is 0 Å². The zero-order chi connectivity index (χ0) is 20.1. The Labute approximate surface area is 176 Å². The summed E-state index contributed by atoms with van der Waals surface area (Å²) in [5.74, 6) is 1.29. The van der Waals surface area contributed by atoms with E-state index >= 15 is 0 Å². The molecular formula is C23H25N5S. The second-order valence-electron chi connectivity index (χ2n) is 7.57. The number of allylic oxidation sites excluding steroid dienone is 1. The van der Waals surface area contributed by atoms with Gasteiger partial charge >= 0.3 is 0 Å². The van der Waals surface area contributed by atoms with Gasteiger partial charge in [0.25, 0.3) is 0 Å². The normalized spacial score (nSPS) is 18.6. The van der Waals surface area contributed by atoms with Crippen molar-refractivity contribution in [1.29, 1.82) is 5.26 Å². The largest absolute Gasteiger partial charge is 0.354 e. The number of nitriles is 1. The van der Waals surface area contributed by atoms with Crippen LogP contribution in [-0.4, -0.2) is 16.5 Å². The molecule has 2 aliphatic rings. The molecule has 0 atom stereocenters. The van der Waals surface area contributed by atoms with Crippen molar-refractivity contribution in [3.63, 3.8) is 0 Å². The topological polar surface area (TPSA) is 73.6 Å². The van der Waals surface area contributed by atoms with Crippen molar-refractivity contribution < 1.29 is 0 Å². The van der Waals surface area contributed by atoms with E-state index in [0.717, 1.165) is 28.4 Å². The van der Waals surface area contributed by atoms with Crippen molar-refractivity contribution in [2.45, 2.75) is 39.0 Å². The molecule has 6 heteroatoms. The zero-order valence-electron chi connectivity index (χ0n) is 16.6. The first kappa shape index (κ1) is 19.5. The standard InChI is InChI=1S/C23H25N5S/c1-16-13-25-23(26-14-17-8-4-2-5-9-17)28-21(16)19(12-24)22-27-20(15-29-22)18-10-6-3-7-11-18/h3,6-7,10-11,13,15,17,27H,2,4-5,8-9,14H2,1H3,(H,25,26,28). The van der Waals surface area contributed by atoms with Crippen LogP contribution in [0.15, 0.2) is 47.0 Å². The molecule has 5 nitrogen and oxygen atoms in total. The molecule has 0 saturated heterocycles. The fourth-order valence-electron chi connectivity index (χ4n) is 3.80. The fraction of sp³-hybridized carbons (Fsp3) is 0.348. The molecule has 1 aromatic heterocycles. The van der Waals surface area contributed by atoms with Gasteiger partial charge in [-0.2, -0.15) is 5.26 Å². The summed E-state index contributed by atoms with van der Waals surface area (Å²) in [7, 11) is 0. The summed E-state index contributed by atoms with van der Waals surface area (Å²) in [6.07, 6.45) is 8.33. The Bertz CT molecular complexity index is 969. The summed E-state index contributed by atoms with van der Waals surface area (Å²) in [4.78, 5) is 9.13. The monoisotopic (exact) mass is 403 g/mol. The van der Waals surface area contributed by atoms with Gasteiger partial charge in [-0.1, -0.05) is 61.4 Å². The van der Waals surface area contributed by atoms with Gasteiger partial charge in [0.1, 0.15) is 11.6 Å². The van der Waals surface area contributed by atoms with Gasteiger partial charge in [0.2, 0.25) is 5.95 Å². The highest BCUT2D eigenvalue weighted by molar-refractivity contribution is 8.06. The predicted octanol–water partition coefficient (Wildman–Crippen LogP) is 5.30. The van der Waals surface area contributed by atoms with Crippen molar-refractivity contribution >= 4 is 29.0 Å². The van der Waals surface area contributed by atoms with Crippen LogP contribution < -0.4 is 10.6 Å². The van der Waals surface area contributed by atoms with Crippen molar-refractivity contribution in [2.75, 3.05) is 11.9 Å². The first-order valence-corrected chi connectivity index (χ1v) is 11.0. The van der Waals surface area contributed by atoms with Crippen molar-refractivity contribution in [1.82, 2.24) is 15.3 Å². The molecule has 2 heterocycles. The predicted molar refractivity (Wildman–Crippen MR) is 120 cm³/mol. The lowest BCUT2D eigenvalue weighted by atomic mass is 9.89. The molecule has 29 heavy (non-hydrogen) atoms. The van der Waals surface area contributed by atoms with Crippen LogP contribution in [-0.2, 0) is 0 Å². The molecule has 0 bridgehead atoms. The number of aromatic nitrogens is 2. The summed E-state index contributed by atoms with van der Waals surface area (Å²) in [5.41, 5.74) is 4.24. The Balaban J connectivity index is 1.53. The molecule has 0 spiro atoms. The van der Waals surface area contributed by atoms with Crippen LogP contribution in [0.25, 0.3) is 11.3 Å². The smallest absolute Gasteiger partial charge is 0.223 e. The molecule has 0 amide bonds. The summed E-state index contributed by atoms with van der Waals surface area (Å²) in [6, 6.07) is 12.5. The van der Waals surface area contributed by atoms with Crippen LogP contribution in [0.2, 0.25) is 0 Å². The maximum atomic E-state index is 9.88. The summed E-state index contributed by atoms with van der Waals surface area (Å²) in [5, 5.41) is 19.5. The molecule has 1 aromatic carbocycles. The van der Waals surface area contributed by atoms with E-state index in [1.165, 1.54) is 43.9 Å². The minimum atomic E-state index is 0.554. The summed E-state index contributed by atoms with van der Waals surface area (Å²) < 4.78 is 0. The van der Waals surface area contributed by atoms with Crippen molar-refractivity contribution in [2.24, 2.45) is 5.92 Å². The Morgan fingerprint density at radius 2 is 2.03 bits per heavy atom. The van der Waals surface area contributed by atoms with Crippen LogP contribution in [0.3, 0.4) is 0 Å². The summed E-state index contributed by atoms with van der Waals surface area (Å²) in [6.45, 7) is 2.84. The van der Waals surface area contributed by atoms with Gasteiger partial charge in [0.05, 0.1) is 16.4 Å². The molecule has 1 aliphatic carbocycles. The lowest BCUT2D eigenvalue weighted by molar-refractivity contribution is 0.373. The number of hydrogen-bond acceptors (Lipinski definition) is 6. The minimum absolute atomic E-state index is 0.554. The van der Waals surface area contributed by atoms with Gasteiger partial charge in [0, 0.05) is 18.1 Å².